The molecule has 1 N–H and O–H groups in total. The lowest BCUT2D eigenvalue weighted by Gasteiger charge is -2.37. The number of hydrogen-bond donors (Lipinski definition) is 1. The van der Waals surface area contributed by atoms with E-state index in [1.165, 1.54) is 0 Å². The van der Waals surface area contributed by atoms with Gasteiger partial charge in [-0.1, -0.05) is 6.07 Å². The number of anilines is 1. The van der Waals surface area contributed by atoms with Gasteiger partial charge in [-0.2, -0.15) is 4.98 Å². The van der Waals surface area contributed by atoms with Crippen molar-refractivity contribution < 1.29 is 18.4 Å². The molecule has 1 spiro atoms. The van der Waals surface area contributed by atoms with Gasteiger partial charge in [-0.05, 0) is 62.5 Å². The number of aromatic nitrogens is 3. The van der Waals surface area contributed by atoms with Gasteiger partial charge in [0.25, 0.3) is 5.92 Å². The molecular formula is C23H27F2N5O2. The number of rotatable bonds is 4. The van der Waals surface area contributed by atoms with E-state index < -0.39 is 11.8 Å². The lowest BCUT2D eigenvalue weighted by atomic mass is 9.69. The number of nitrogens with one attached hydrogen (secondary N) is 1. The number of pyridine rings is 1. The number of fused-ring (bicyclic) bond motifs is 1. The van der Waals surface area contributed by atoms with Gasteiger partial charge >= 0.3 is 0 Å². The topological polar surface area (TPSA) is 79.6 Å². The summed E-state index contributed by atoms with van der Waals surface area (Å²) in [6.07, 6.45) is 6.34. The fraction of sp³-hybridized carbons (Fsp3) is 0.652. The first-order chi connectivity index (χ1) is 15.3. The number of carbonyl (C=O) groups is 2. The summed E-state index contributed by atoms with van der Waals surface area (Å²) in [4.78, 5) is 30.6. The molecule has 1 aliphatic heterocycles. The normalized spacial score (nSPS) is 31.2. The molecule has 2 amide bonds. The van der Waals surface area contributed by atoms with Crippen LogP contribution in [0.1, 0.15) is 63.0 Å². The molecule has 0 bridgehead atoms. The summed E-state index contributed by atoms with van der Waals surface area (Å²) < 4.78 is 28.5. The standard InChI is InChI=1S/C23H27F2N5O2/c24-23(25)12-16(23)20(32)29-11-10-22(13-29)8-6-14(7-9-22)17-2-1-3-18-26-21(28-30(17)18)27-19(31)15-4-5-15/h1-3,14-16H,4-13H2,(H,27,28,31). The average Bonchev–Trinajstić information content (AvgIpc) is 3.64. The Bertz CT molecular complexity index is 1090. The van der Waals surface area contributed by atoms with Gasteiger partial charge in [0.1, 0.15) is 5.92 Å². The van der Waals surface area contributed by atoms with Gasteiger partial charge in [0.05, 0.1) is 0 Å². The Morgan fingerprint density at radius 2 is 1.84 bits per heavy atom. The Balaban J connectivity index is 1.13. The SMILES string of the molecule is O=C(Nc1nc2cccc(C3CCC4(CC3)CCN(C(=O)C3CC3(F)F)C4)n2n1)C1CC1. The molecule has 3 saturated carbocycles. The van der Waals surface area contributed by atoms with Crippen molar-refractivity contribution in [2.75, 3.05) is 18.4 Å². The number of alkyl halides is 2. The minimum absolute atomic E-state index is 0.00800. The van der Waals surface area contributed by atoms with E-state index in [1.54, 1.807) is 4.90 Å². The molecule has 3 heterocycles. The molecule has 7 nitrogen and oxygen atoms in total. The van der Waals surface area contributed by atoms with E-state index in [4.69, 9.17) is 0 Å². The van der Waals surface area contributed by atoms with E-state index in [1.807, 2.05) is 16.6 Å². The molecule has 6 rings (SSSR count). The van der Waals surface area contributed by atoms with Crippen molar-refractivity contribution in [1.29, 1.82) is 0 Å². The first-order valence-electron chi connectivity index (χ1n) is 11.7. The van der Waals surface area contributed by atoms with E-state index in [-0.39, 0.29) is 29.6 Å². The van der Waals surface area contributed by atoms with Crippen LogP contribution in [0.2, 0.25) is 0 Å². The van der Waals surface area contributed by atoms with Crippen molar-refractivity contribution in [3.05, 3.63) is 23.9 Å². The van der Waals surface area contributed by atoms with Crippen LogP contribution in [0.3, 0.4) is 0 Å². The second kappa shape index (κ2) is 6.96. The maximum atomic E-state index is 13.3. The quantitative estimate of drug-likeness (QED) is 0.783. The number of amides is 2. The molecule has 1 atom stereocenters. The molecule has 0 aromatic carbocycles. The Labute approximate surface area is 184 Å². The molecule has 0 radical (unpaired) electrons. The first-order valence-corrected chi connectivity index (χ1v) is 11.7. The van der Waals surface area contributed by atoms with Gasteiger partial charge in [0.15, 0.2) is 5.65 Å². The van der Waals surface area contributed by atoms with Gasteiger partial charge in [-0.15, -0.1) is 5.10 Å². The Morgan fingerprint density at radius 3 is 2.53 bits per heavy atom. The Morgan fingerprint density at radius 1 is 1.09 bits per heavy atom. The van der Waals surface area contributed by atoms with Crippen LogP contribution in [-0.4, -0.2) is 50.3 Å². The molecule has 2 aromatic heterocycles. The van der Waals surface area contributed by atoms with Crippen molar-refractivity contribution in [3.63, 3.8) is 0 Å². The second-order valence-corrected chi connectivity index (χ2v) is 10.2. The predicted octanol–water partition coefficient (Wildman–Crippen LogP) is 3.61. The van der Waals surface area contributed by atoms with Gasteiger partial charge in [-0.3, -0.25) is 14.9 Å². The molecule has 3 aliphatic carbocycles. The minimum atomic E-state index is -2.79. The van der Waals surface area contributed by atoms with Crippen molar-refractivity contribution in [1.82, 2.24) is 19.5 Å². The monoisotopic (exact) mass is 443 g/mol. The molecule has 32 heavy (non-hydrogen) atoms. The third-order valence-electron chi connectivity index (χ3n) is 7.91. The third-order valence-corrected chi connectivity index (χ3v) is 7.91. The Hall–Kier alpha value is -2.58. The summed E-state index contributed by atoms with van der Waals surface area (Å²) in [7, 11) is 0. The van der Waals surface area contributed by atoms with Crippen LogP contribution >= 0.6 is 0 Å². The highest BCUT2D eigenvalue weighted by atomic mass is 19.3. The average molecular weight is 443 g/mol. The predicted molar refractivity (Wildman–Crippen MR) is 112 cm³/mol. The zero-order chi connectivity index (χ0) is 22.1. The Kier molecular flexibility index (Phi) is 4.36. The van der Waals surface area contributed by atoms with Crippen molar-refractivity contribution in [2.24, 2.45) is 17.3 Å². The highest BCUT2D eigenvalue weighted by Gasteiger charge is 2.63. The van der Waals surface area contributed by atoms with Gasteiger partial charge in [0.2, 0.25) is 17.8 Å². The van der Waals surface area contributed by atoms with E-state index in [0.717, 1.165) is 56.3 Å². The smallest absolute Gasteiger partial charge is 0.260 e. The third kappa shape index (κ3) is 3.46. The number of hydrogen-bond acceptors (Lipinski definition) is 4. The fourth-order valence-corrected chi connectivity index (χ4v) is 5.60. The zero-order valence-electron chi connectivity index (χ0n) is 17.9. The number of nitrogens with zero attached hydrogens (tertiary/aromatic N) is 4. The van der Waals surface area contributed by atoms with E-state index in [0.29, 0.717) is 25.0 Å². The molecule has 170 valence electrons. The van der Waals surface area contributed by atoms with Crippen LogP contribution in [0.25, 0.3) is 5.65 Å². The summed E-state index contributed by atoms with van der Waals surface area (Å²) in [6.45, 7) is 1.20. The largest absolute Gasteiger partial charge is 0.342 e. The lowest BCUT2D eigenvalue weighted by molar-refractivity contribution is -0.134. The van der Waals surface area contributed by atoms with Crippen LogP contribution < -0.4 is 5.32 Å². The highest BCUT2D eigenvalue weighted by Crippen LogP contribution is 2.52. The van der Waals surface area contributed by atoms with Crippen LogP contribution in [0, 0.1) is 17.3 Å². The fourth-order valence-electron chi connectivity index (χ4n) is 5.60. The van der Waals surface area contributed by atoms with E-state index in [2.05, 4.69) is 21.5 Å². The molecule has 4 aliphatic rings. The van der Waals surface area contributed by atoms with Gasteiger partial charge < -0.3 is 4.90 Å². The maximum absolute atomic E-state index is 13.3. The van der Waals surface area contributed by atoms with Crippen molar-refractivity contribution in [2.45, 2.75) is 63.2 Å². The second-order valence-electron chi connectivity index (χ2n) is 10.2. The van der Waals surface area contributed by atoms with Gasteiger partial charge in [0, 0.05) is 37.0 Å². The van der Waals surface area contributed by atoms with Gasteiger partial charge in [-0.25, -0.2) is 13.3 Å². The highest BCUT2D eigenvalue weighted by molar-refractivity contribution is 5.92. The summed E-state index contributed by atoms with van der Waals surface area (Å²) in [5, 5.41) is 7.38. The number of likely N-dealkylation sites (tertiary alicyclic amines) is 1. The zero-order valence-corrected chi connectivity index (χ0v) is 17.9. The minimum Gasteiger partial charge on any atom is -0.342 e. The van der Waals surface area contributed by atoms with E-state index >= 15 is 0 Å². The van der Waals surface area contributed by atoms with Crippen LogP contribution in [0.15, 0.2) is 18.2 Å². The first kappa shape index (κ1) is 20.1. The number of halogens is 2. The van der Waals surface area contributed by atoms with Crippen molar-refractivity contribution in [3.8, 4) is 0 Å². The summed E-state index contributed by atoms with van der Waals surface area (Å²) in [6, 6.07) is 5.93. The lowest BCUT2D eigenvalue weighted by Crippen LogP contribution is -2.36. The van der Waals surface area contributed by atoms with Crippen molar-refractivity contribution >= 4 is 23.4 Å². The van der Waals surface area contributed by atoms with Crippen LogP contribution in [0.5, 0.6) is 0 Å². The molecule has 4 fully saturated rings. The van der Waals surface area contributed by atoms with Crippen LogP contribution in [0.4, 0.5) is 14.7 Å². The summed E-state index contributed by atoms with van der Waals surface area (Å²) >= 11 is 0. The molecule has 1 unspecified atom stereocenters. The van der Waals surface area contributed by atoms with Crippen LogP contribution in [-0.2, 0) is 9.59 Å². The maximum Gasteiger partial charge on any atom is 0.260 e. The van der Waals surface area contributed by atoms with E-state index in [9.17, 15) is 18.4 Å². The molecule has 9 heteroatoms. The number of carbonyl (C=O) groups excluding carboxylic acids is 2. The summed E-state index contributed by atoms with van der Waals surface area (Å²) in [5.41, 5.74) is 1.85. The molecule has 2 aromatic rings. The summed E-state index contributed by atoms with van der Waals surface area (Å²) in [5.74, 6) is -3.49. The molecular weight excluding hydrogens is 416 g/mol. The molecule has 1 saturated heterocycles.